The van der Waals surface area contributed by atoms with E-state index < -0.39 is 0 Å². The van der Waals surface area contributed by atoms with Crippen molar-refractivity contribution in [3.8, 4) is 0 Å². The number of aryl methyl sites for hydroxylation is 2. The average molecular weight is 307 g/mol. The average Bonchev–Trinajstić information content (AvgIpc) is 2.77. The van der Waals surface area contributed by atoms with Crippen LogP contribution >= 0.6 is 27.5 Å². The summed E-state index contributed by atoms with van der Waals surface area (Å²) in [7, 11) is 0. The lowest BCUT2D eigenvalue weighted by Crippen LogP contribution is -2.22. The van der Waals surface area contributed by atoms with Crippen LogP contribution in [0.3, 0.4) is 0 Å². The van der Waals surface area contributed by atoms with Gasteiger partial charge >= 0.3 is 0 Å². The Labute approximate surface area is 110 Å². The van der Waals surface area contributed by atoms with Crippen LogP contribution in [0, 0.1) is 6.92 Å². The summed E-state index contributed by atoms with van der Waals surface area (Å²) in [5, 5.41) is 5.27. The fraction of sp³-hybridized carbons (Fsp3) is 0.727. The molecule has 1 aliphatic heterocycles. The van der Waals surface area contributed by atoms with E-state index in [1.54, 1.807) is 0 Å². The van der Waals surface area contributed by atoms with Crippen molar-refractivity contribution in [3.63, 3.8) is 0 Å². The molecule has 0 spiro atoms. The van der Waals surface area contributed by atoms with Crippen LogP contribution in [0.5, 0.6) is 0 Å². The van der Waals surface area contributed by atoms with Crippen molar-refractivity contribution in [3.05, 3.63) is 16.4 Å². The van der Waals surface area contributed by atoms with Crippen LogP contribution in [0.2, 0.25) is 5.02 Å². The van der Waals surface area contributed by atoms with Crippen LogP contribution in [0.15, 0.2) is 0 Å². The normalized spacial score (nSPS) is 21.9. The van der Waals surface area contributed by atoms with Gasteiger partial charge in [0.05, 0.1) is 16.4 Å². The molecule has 1 fully saturated rings. The topological polar surface area (TPSA) is 21.1 Å². The first-order valence-electron chi connectivity index (χ1n) is 5.70. The SMILES string of the molecule is CCn1nc(C)c(Cl)c1CN1CCC(Br)C1. The quantitative estimate of drug-likeness (QED) is 0.801. The Kier molecular flexibility index (Phi) is 3.93. The Morgan fingerprint density at radius 1 is 1.56 bits per heavy atom. The fourth-order valence-electron chi connectivity index (χ4n) is 2.16. The first-order chi connectivity index (χ1) is 7.61. The number of aromatic nitrogens is 2. The van der Waals surface area contributed by atoms with E-state index in [4.69, 9.17) is 11.6 Å². The zero-order valence-corrected chi connectivity index (χ0v) is 12.1. The standard InChI is InChI=1S/C11H17BrClN3/c1-3-16-10(11(13)8(2)14-16)7-15-5-4-9(12)6-15/h9H,3-7H2,1-2H3. The summed E-state index contributed by atoms with van der Waals surface area (Å²) in [5.74, 6) is 0. The first-order valence-corrected chi connectivity index (χ1v) is 6.99. The molecule has 5 heteroatoms. The number of likely N-dealkylation sites (tertiary alicyclic amines) is 1. The van der Waals surface area contributed by atoms with E-state index in [1.165, 1.54) is 6.42 Å². The molecule has 90 valence electrons. The predicted molar refractivity (Wildman–Crippen MR) is 70.3 cm³/mol. The molecule has 0 aromatic carbocycles. The van der Waals surface area contributed by atoms with Gasteiger partial charge < -0.3 is 0 Å². The molecule has 2 heterocycles. The van der Waals surface area contributed by atoms with E-state index in [9.17, 15) is 0 Å². The highest BCUT2D eigenvalue weighted by molar-refractivity contribution is 9.09. The van der Waals surface area contributed by atoms with Gasteiger partial charge in [-0.15, -0.1) is 0 Å². The smallest absolute Gasteiger partial charge is 0.0860 e. The number of hydrogen-bond donors (Lipinski definition) is 0. The molecule has 0 saturated carbocycles. The second kappa shape index (κ2) is 5.07. The second-order valence-corrected chi connectivity index (χ2v) is 5.96. The molecule has 1 saturated heterocycles. The van der Waals surface area contributed by atoms with Crippen LogP contribution in [0.1, 0.15) is 24.7 Å². The van der Waals surface area contributed by atoms with E-state index in [0.717, 1.165) is 42.6 Å². The molecule has 1 unspecified atom stereocenters. The molecule has 0 radical (unpaired) electrons. The van der Waals surface area contributed by atoms with Crippen molar-refractivity contribution >= 4 is 27.5 Å². The number of hydrogen-bond acceptors (Lipinski definition) is 2. The van der Waals surface area contributed by atoms with Gasteiger partial charge in [-0.1, -0.05) is 27.5 Å². The van der Waals surface area contributed by atoms with Crippen LogP contribution in [0.25, 0.3) is 0 Å². The predicted octanol–water partition coefficient (Wildman–Crippen LogP) is 2.83. The highest BCUT2D eigenvalue weighted by Gasteiger charge is 2.22. The minimum Gasteiger partial charge on any atom is -0.296 e. The molecule has 0 N–H and O–H groups in total. The summed E-state index contributed by atoms with van der Waals surface area (Å²) in [5.41, 5.74) is 2.09. The molecule has 0 amide bonds. The third kappa shape index (κ3) is 2.44. The van der Waals surface area contributed by atoms with Gasteiger partial charge in [-0.05, 0) is 26.8 Å². The van der Waals surface area contributed by atoms with Crippen molar-refractivity contribution in [2.45, 2.75) is 38.2 Å². The lowest BCUT2D eigenvalue weighted by Gasteiger charge is -2.15. The summed E-state index contributed by atoms with van der Waals surface area (Å²) < 4.78 is 2.01. The van der Waals surface area contributed by atoms with Crippen LogP contribution in [0.4, 0.5) is 0 Å². The highest BCUT2D eigenvalue weighted by atomic mass is 79.9. The Balaban J connectivity index is 2.14. The summed E-state index contributed by atoms with van der Waals surface area (Å²) in [6, 6.07) is 0. The molecule has 1 aromatic heterocycles. The van der Waals surface area contributed by atoms with Crippen molar-refractivity contribution in [1.82, 2.24) is 14.7 Å². The van der Waals surface area contributed by atoms with Crippen molar-refractivity contribution in [2.24, 2.45) is 0 Å². The van der Waals surface area contributed by atoms with Gasteiger partial charge in [-0.2, -0.15) is 5.10 Å². The van der Waals surface area contributed by atoms with E-state index in [1.807, 2.05) is 11.6 Å². The van der Waals surface area contributed by atoms with E-state index in [2.05, 4.69) is 32.9 Å². The molecule has 1 aliphatic rings. The largest absolute Gasteiger partial charge is 0.296 e. The van der Waals surface area contributed by atoms with E-state index in [-0.39, 0.29) is 0 Å². The van der Waals surface area contributed by atoms with Gasteiger partial charge in [-0.25, -0.2) is 0 Å². The molecule has 16 heavy (non-hydrogen) atoms. The summed E-state index contributed by atoms with van der Waals surface area (Å²) >= 11 is 9.94. The minimum absolute atomic E-state index is 0.630. The molecular formula is C11H17BrClN3. The number of alkyl halides is 1. The molecule has 0 bridgehead atoms. The third-order valence-electron chi connectivity index (χ3n) is 3.04. The maximum Gasteiger partial charge on any atom is 0.0860 e. The summed E-state index contributed by atoms with van der Waals surface area (Å²) in [6.07, 6.45) is 1.22. The summed E-state index contributed by atoms with van der Waals surface area (Å²) in [4.78, 5) is 3.05. The molecular weight excluding hydrogens is 289 g/mol. The lowest BCUT2D eigenvalue weighted by atomic mass is 10.3. The highest BCUT2D eigenvalue weighted by Crippen LogP contribution is 2.24. The van der Waals surface area contributed by atoms with Crippen LogP contribution in [-0.2, 0) is 13.1 Å². The zero-order valence-electron chi connectivity index (χ0n) is 9.71. The van der Waals surface area contributed by atoms with Crippen LogP contribution in [-0.4, -0.2) is 32.6 Å². The summed E-state index contributed by atoms with van der Waals surface area (Å²) in [6.45, 7) is 8.10. The first kappa shape index (κ1) is 12.4. The number of rotatable bonds is 3. The van der Waals surface area contributed by atoms with Crippen molar-refractivity contribution < 1.29 is 0 Å². The lowest BCUT2D eigenvalue weighted by molar-refractivity contribution is 0.320. The Bertz CT molecular complexity index is 378. The molecule has 1 atom stereocenters. The Morgan fingerprint density at radius 2 is 2.31 bits per heavy atom. The molecule has 0 aliphatic carbocycles. The molecule has 2 rings (SSSR count). The maximum atomic E-state index is 6.29. The van der Waals surface area contributed by atoms with Gasteiger partial charge in [0.25, 0.3) is 0 Å². The van der Waals surface area contributed by atoms with Gasteiger partial charge in [-0.3, -0.25) is 9.58 Å². The number of halogens is 2. The molecule has 3 nitrogen and oxygen atoms in total. The maximum absolute atomic E-state index is 6.29. The van der Waals surface area contributed by atoms with Gasteiger partial charge in [0.1, 0.15) is 0 Å². The van der Waals surface area contributed by atoms with E-state index in [0.29, 0.717) is 4.83 Å². The monoisotopic (exact) mass is 305 g/mol. The van der Waals surface area contributed by atoms with Gasteiger partial charge in [0.15, 0.2) is 0 Å². The third-order valence-corrected chi connectivity index (χ3v) is 4.28. The van der Waals surface area contributed by atoms with Crippen molar-refractivity contribution in [2.75, 3.05) is 13.1 Å². The van der Waals surface area contributed by atoms with Gasteiger partial charge in [0.2, 0.25) is 0 Å². The fourth-order valence-corrected chi connectivity index (χ4v) is 2.97. The van der Waals surface area contributed by atoms with E-state index >= 15 is 0 Å². The van der Waals surface area contributed by atoms with Crippen molar-refractivity contribution in [1.29, 1.82) is 0 Å². The van der Waals surface area contributed by atoms with Gasteiger partial charge in [0, 0.05) is 24.5 Å². The zero-order chi connectivity index (χ0) is 11.7. The Morgan fingerprint density at radius 3 is 2.88 bits per heavy atom. The van der Waals surface area contributed by atoms with Crippen LogP contribution < -0.4 is 0 Å². The number of nitrogens with zero attached hydrogens (tertiary/aromatic N) is 3. The second-order valence-electron chi connectivity index (χ2n) is 4.28. The molecule has 1 aromatic rings. The Hall–Kier alpha value is -0.0600. The minimum atomic E-state index is 0.630.